The summed E-state index contributed by atoms with van der Waals surface area (Å²) in [5, 5.41) is 39.4. The Morgan fingerprint density at radius 1 is 0.959 bits per heavy atom. The molecule has 0 unspecified atom stereocenters. The number of aliphatic hydroxyl groups excluding tert-OH is 3. The van der Waals surface area contributed by atoms with Gasteiger partial charge in [0.15, 0.2) is 0 Å². The van der Waals surface area contributed by atoms with Crippen LogP contribution in [0, 0.1) is 46.3 Å². The lowest BCUT2D eigenvalue weighted by Gasteiger charge is -2.63. The number of carbonyl (C=O) groups is 3. The van der Waals surface area contributed by atoms with Crippen LogP contribution in [0.5, 0.6) is 0 Å². The molecular formula is C39H60N2O8. The van der Waals surface area contributed by atoms with Crippen molar-refractivity contribution in [2.24, 2.45) is 46.3 Å². The Labute approximate surface area is 292 Å². The predicted octanol–water partition coefficient (Wildman–Crippen LogP) is 5.12. The van der Waals surface area contributed by atoms with E-state index in [1.165, 1.54) is 7.11 Å². The van der Waals surface area contributed by atoms with Crippen molar-refractivity contribution in [1.82, 2.24) is 10.6 Å². The summed E-state index contributed by atoms with van der Waals surface area (Å²) in [7, 11) is 1.31. The number of nitrogens with one attached hydrogen (secondary N) is 2. The fourth-order valence-corrected chi connectivity index (χ4v) is 10.8. The predicted molar refractivity (Wildman–Crippen MR) is 185 cm³/mol. The largest absolute Gasteiger partial charge is 0.467 e. The number of ether oxygens (including phenoxy) is 2. The Morgan fingerprint density at radius 2 is 1.71 bits per heavy atom. The minimum absolute atomic E-state index is 0.0360. The van der Waals surface area contributed by atoms with Crippen molar-refractivity contribution in [3.8, 4) is 0 Å². The van der Waals surface area contributed by atoms with Gasteiger partial charge in [-0.1, -0.05) is 51.1 Å². The molecule has 0 bridgehead atoms. The molecule has 5 N–H and O–H groups in total. The maximum absolute atomic E-state index is 13.1. The van der Waals surface area contributed by atoms with Gasteiger partial charge in [-0.25, -0.2) is 9.59 Å². The van der Waals surface area contributed by atoms with Gasteiger partial charge in [0.2, 0.25) is 5.91 Å². The van der Waals surface area contributed by atoms with E-state index in [0.29, 0.717) is 38.6 Å². The lowest BCUT2D eigenvalue weighted by Crippen LogP contribution is -2.62. The molecule has 49 heavy (non-hydrogen) atoms. The van der Waals surface area contributed by atoms with Crippen molar-refractivity contribution in [3.05, 3.63) is 35.9 Å². The van der Waals surface area contributed by atoms with Crippen LogP contribution >= 0.6 is 0 Å². The highest BCUT2D eigenvalue weighted by Gasteiger charge is 2.65. The monoisotopic (exact) mass is 684 g/mol. The summed E-state index contributed by atoms with van der Waals surface area (Å²) in [6, 6.07) is 8.68. The topological polar surface area (TPSA) is 154 Å². The maximum atomic E-state index is 13.1. The van der Waals surface area contributed by atoms with Crippen LogP contribution in [0.4, 0.5) is 4.79 Å². The summed E-state index contributed by atoms with van der Waals surface area (Å²) in [6.07, 6.45) is 6.71. The fourth-order valence-electron chi connectivity index (χ4n) is 10.8. The first kappa shape index (κ1) is 37.6. The maximum Gasteiger partial charge on any atom is 0.407 e. The van der Waals surface area contributed by atoms with Gasteiger partial charge in [0.25, 0.3) is 0 Å². The molecule has 0 heterocycles. The highest BCUT2D eigenvalue weighted by Crippen LogP contribution is 2.68. The smallest absolute Gasteiger partial charge is 0.407 e. The number of rotatable bonds is 13. The number of hydrogen-bond acceptors (Lipinski definition) is 8. The standard InChI is InChI=1S/C39H60N2O8/c1-24(13-16-34(45)41-31(36(46)48-4)12-8-9-19-40-37(47)49-23-25-10-6-5-7-11-25)28-14-15-29-35-30(22-33(44)39(28,29)3)38(2)18-17-27(42)20-26(38)21-32(35)43/h5-7,10-11,24,26-33,35,42-44H,8-9,12-23H2,1-4H3,(H,40,47)(H,41,45)/t24-,26+,27-,28-,29+,30+,31+,32-,33+,35+,38+,39-/m1/s1. The van der Waals surface area contributed by atoms with E-state index in [1.54, 1.807) is 0 Å². The molecule has 4 aliphatic carbocycles. The molecule has 0 aromatic heterocycles. The number of esters is 1. The molecule has 1 aromatic carbocycles. The Balaban J connectivity index is 1.08. The van der Waals surface area contributed by atoms with Crippen LogP contribution in [0.1, 0.15) is 103 Å². The van der Waals surface area contributed by atoms with E-state index in [9.17, 15) is 29.7 Å². The Morgan fingerprint density at radius 3 is 2.45 bits per heavy atom. The van der Waals surface area contributed by atoms with Gasteiger partial charge >= 0.3 is 12.1 Å². The summed E-state index contributed by atoms with van der Waals surface area (Å²) in [5.41, 5.74) is 0.615. The normalized spacial score (nSPS) is 36.3. The zero-order valence-corrected chi connectivity index (χ0v) is 29.9. The average molecular weight is 685 g/mol. The minimum atomic E-state index is -0.762. The van der Waals surface area contributed by atoms with Gasteiger partial charge in [-0.2, -0.15) is 0 Å². The molecule has 0 saturated heterocycles. The molecular weight excluding hydrogens is 624 g/mol. The zero-order valence-electron chi connectivity index (χ0n) is 29.9. The summed E-state index contributed by atoms with van der Waals surface area (Å²) < 4.78 is 10.2. The van der Waals surface area contributed by atoms with Gasteiger partial charge < -0.3 is 35.4 Å². The Hall–Kier alpha value is -2.69. The lowest BCUT2D eigenvalue weighted by molar-refractivity contribution is -0.207. The van der Waals surface area contributed by atoms with Crippen LogP contribution in [-0.2, 0) is 25.7 Å². The number of amides is 2. The van der Waals surface area contributed by atoms with Gasteiger partial charge in [0, 0.05) is 13.0 Å². The first-order chi connectivity index (χ1) is 23.4. The fraction of sp³-hybridized carbons (Fsp3) is 0.769. The molecule has 0 radical (unpaired) electrons. The number of aliphatic hydroxyl groups is 3. The van der Waals surface area contributed by atoms with E-state index in [4.69, 9.17) is 9.47 Å². The van der Waals surface area contributed by atoms with Gasteiger partial charge in [0.05, 0.1) is 25.4 Å². The lowest BCUT2D eigenvalue weighted by atomic mass is 9.43. The van der Waals surface area contributed by atoms with Crippen molar-refractivity contribution in [2.75, 3.05) is 13.7 Å². The highest BCUT2D eigenvalue weighted by molar-refractivity contribution is 5.84. The molecule has 10 nitrogen and oxygen atoms in total. The second kappa shape index (κ2) is 16.1. The molecule has 4 aliphatic rings. The molecule has 274 valence electrons. The Bertz CT molecular complexity index is 1280. The Kier molecular flexibility index (Phi) is 12.3. The van der Waals surface area contributed by atoms with E-state index in [2.05, 4.69) is 31.4 Å². The van der Waals surface area contributed by atoms with E-state index >= 15 is 0 Å². The third kappa shape index (κ3) is 8.12. The number of benzene rings is 1. The second-order valence-corrected chi connectivity index (χ2v) is 16.2. The summed E-state index contributed by atoms with van der Waals surface area (Å²) in [6.45, 7) is 7.33. The van der Waals surface area contributed by atoms with Crippen LogP contribution in [0.15, 0.2) is 30.3 Å². The molecule has 1 aromatic rings. The van der Waals surface area contributed by atoms with Gasteiger partial charge in [-0.05, 0) is 123 Å². The van der Waals surface area contributed by atoms with E-state index in [0.717, 1.165) is 44.1 Å². The van der Waals surface area contributed by atoms with Crippen LogP contribution in [0.2, 0.25) is 0 Å². The van der Waals surface area contributed by atoms with E-state index in [-0.39, 0.29) is 71.4 Å². The first-order valence-corrected chi connectivity index (χ1v) is 18.7. The molecule has 0 aliphatic heterocycles. The quantitative estimate of drug-likeness (QED) is 0.142. The molecule has 5 rings (SSSR count). The van der Waals surface area contributed by atoms with Crippen LogP contribution in [0.3, 0.4) is 0 Å². The molecule has 12 atom stereocenters. The number of fused-ring (bicyclic) bond motifs is 5. The van der Waals surface area contributed by atoms with Crippen molar-refractivity contribution >= 4 is 18.0 Å². The van der Waals surface area contributed by atoms with Crippen molar-refractivity contribution < 1.29 is 39.2 Å². The SMILES string of the molecule is COC(=O)[C@H](CCCCNC(=O)OCc1ccccc1)NC(=O)CC[C@@H](C)[C@H]1CC[C@H]2[C@@H]3[C@H](O)C[C@@H]4C[C@H](O)CC[C@]4(C)[C@H]3C[C@H](O)[C@]12C. The molecule has 4 fully saturated rings. The number of unbranched alkanes of at least 4 members (excludes halogenated alkanes) is 1. The van der Waals surface area contributed by atoms with Crippen molar-refractivity contribution in [1.29, 1.82) is 0 Å². The summed E-state index contributed by atoms with van der Waals surface area (Å²) in [4.78, 5) is 37.6. The molecule has 0 spiro atoms. The number of carbonyl (C=O) groups excluding carboxylic acids is 3. The van der Waals surface area contributed by atoms with Crippen molar-refractivity contribution in [2.45, 2.75) is 129 Å². The van der Waals surface area contributed by atoms with Gasteiger partial charge in [-0.15, -0.1) is 0 Å². The third-order valence-electron chi connectivity index (χ3n) is 13.6. The molecule has 2 amide bonds. The van der Waals surface area contributed by atoms with Crippen LogP contribution in [-0.4, -0.2) is 71.3 Å². The highest BCUT2D eigenvalue weighted by atomic mass is 16.5. The average Bonchev–Trinajstić information content (AvgIpc) is 3.45. The zero-order chi connectivity index (χ0) is 35.3. The number of hydrogen-bond donors (Lipinski definition) is 5. The van der Waals surface area contributed by atoms with Gasteiger partial charge in [0.1, 0.15) is 12.6 Å². The number of alkyl carbamates (subject to hydrolysis) is 1. The van der Waals surface area contributed by atoms with Gasteiger partial charge in [-0.3, -0.25) is 4.79 Å². The second-order valence-electron chi connectivity index (χ2n) is 16.2. The summed E-state index contributed by atoms with van der Waals surface area (Å²) >= 11 is 0. The minimum Gasteiger partial charge on any atom is -0.467 e. The summed E-state index contributed by atoms with van der Waals surface area (Å²) in [5.74, 6) is 0.652. The van der Waals surface area contributed by atoms with Crippen LogP contribution < -0.4 is 10.6 Å². The first-order valence-electron chi connectivity index (χ1n) is 18.7. The molecule has 10 heteroatoms. The van der Waals surface area contributed by atoms with Crippen molar-refractivity contribution in [3.63, 3.8) is 0 Å². The van der Waals surface area contributed by atoms with Crippen LogP contribution in [0.25, 0.3) is 0 Å². The third-order valence-corrected chi connectivity index (χ3v) is 13.6. The van der Waals surface area contributed by atoms with E-state index in [1.807, 2.05) is 30.3 Å². The van der Waals surface area contributed by atoms with E-state index < -0.39 is 30.3 Å². The number of methoxy groups -OCH3 is 1. The molecule has 4 saturated carbocycles.